The number of anilines is 2. The predicted octanol–water partition coefficient (Wildman–Crippen LogP) is 1.29. The molecule has 0 radical (unpaired) electrons. The molecule has 21 heavy (non-hydrogen) atoms. The molecule has 2 amide bonds. The normalized spacial score (nSPS) is 18.7. The van der Waals surface area contributed by atoms with E-state index in [1.54, 1.807) is 44.0 Å². The lowest BCUT2D eigenvalue weighted by Crippen LogP contribution is -2.43. The Bertz CT molecular complexity index is 536. The molecule has 0 aromatic carbocycles. The highest BCUT2D eigenvalue weighted by molar-refractivity contribution is 6.00. The second kappa shape index (κ2) is 5.59. The first-order valence-electron chi connectivity index (χ1n) is 6.79. The zero-order chi connectivity index (χ0) is 15.6. The summed E-state index contributed by atoms with van der Waals surface area (Å²) in [5.41, 5.74) is 5.60. The monoisotopic (exact) mass is 292 g/mol. The van der Waals surface area contributed by atoms with Crippen molar-refractivity contribution in [2.75, 3.05) is 17.2 Å². The molecule has 3 N–H and O–H groups in total. The van der Waals surface area contributed by atoms with Crippen molar-refractivity contribution in [3.8, 4) is 0 Å². The molecule has 1 aromatic heterocycles. The summed E-state index contributed by atoms with van der Waals surface area (Å²) in [6, 6.07) is 2.80. The molecule has 1 aromatic rings. The van der Waals surface area contributed by atoms with E-state index in [4.69, 9.17) is 10.5 Å². The summed E-state index contributed by atoms with van der Waals surface area (Å²) >= 11 is 0. The van der Waals surface area contributed by atoms with Crippen LogP contribution in [0.25, 0.3) is 0 Å². The third kappa shape index (κ3) is 3.84. The first-order valence-corrected chi connectivity index (χ1v) is 6.79. The van der Waals surface area contributed by atoms with Crippen molar-refractivity contribution in [2.24, 2.45) is 0 Å². The Kier molecular flexibility index (Phi) is 4.02. The Labute approximate surface area is 123 Å². The summed E-state index contributed by atoms with van der Waals surface area (Å²) in [5, 5.41) is 2.60. The van der Waals surface area contributed by atoms with Gasteiger partial charge in [-0.3, -0.25) is 4.79 Å². The van der Waals surface area contributed by atoms with E-state index in [-0.39, 0.29) is 5.91 Å². The van der Waals surface area contributed by atoms with Crippen LogP contribution in [0.4, 0.5) is 16.3 Å². The molecule has 7 nitrogen and oxygen atoms in total. The maximum absolute atomic E-state index is 12.3. The van der Waals surface area contributed by atoms with Gasteiger partial charge in [0.2, 0.25) is 5.91 Å². The number of amides is 2. The van der Waals surface area contributed by atoms with E-state index in [0.29, 0.717) is 24.5 Å². The molecule has 0 aliphatic carbocycles. The van der Waals surface area contributed by atoms with Gasteiger partial charge in [-0.2, -0.15) is 0 Å². The number of hydrogen-bond donors (Lipinski definition) is 2. The first kappa shape index (κ1) is 15.1. The number of nitrogens with two attached hydrogens (primary N) is 1. The summed E-state index contributed by atoms with van der Waals surface area (Å²) < 4.78 is 5.15. The Hall–Kier alpha value is -2.31. The second-order valence-corrected chi connectivity index (χ2v) is 5.92. The SMILES string of the molecule is CC(C)(C)OC(=O)N[C@@H]1CCN(c2ccc(N)nc2)C1=O. The number of carbonyl (C=O) groups excluding carboxylic acids is 2. The number of carbonyl (C=O) groups is 2. The van der Waals surface area contributed by atoms with E-state index >= 15 is 0 Å². The molecule has 1 aliphatic heterocycles. The minimum atomic E-state index is -0.591. The summed E-state index contributed by atoms with van der Waals surface area (Å²) in [6.07, 6.45) is 1.49. The largest absolute Gasteiger partial charge is 0.444 e. The molecule has 1 saturated heterocycles. The van der Waals surface area contributed by atoms with Crippen LogP contribution in [0.1, 0.15) is 27.2 Å². The van der Waals surface area contributed by atoms with E-state index in [9.17, 15) is 9.59 Å². The number of nitrogen functional groups attached to an aromatic ring is 1. The molecule has 2 heterocycles. The van der Waals surface area contributed by atoms with Gasteiger partial charge in [0.1, 0.15) is 17.5 Å². The van der Waals surface area contributed by atoms with Crippen LogP contribution in [-0.4, -0.2) is 35.2 Å². The average Bonchev–Trinajstić information content (AvgIpc) is 2.70. The summed E-state index contributed by atoms with van der Waals surface area (Å²) in [7, 11) is 0. The van der Waals surface area contributed by atoms with Crippen molar-refractivity contribution in [1.82, 2.24) is 10.3 Å². The van der Waals surface area contributed by atoms with Crippen LogP contribution in [0.2, 0.25) is 0 Å². The molecule has 1 aliphatic rings. The van der Waals surface area contributed by atoms with Crippen molar-refractivity contribution in [2.45, 2.75) is 38.8 Å². The lowest BCUT2D eigenvalue weighted by atomic mass is 10.2. The van der Waals surface area contributed by atoms with E-state index in [1.807, 2.05) is 0 Å². The number of pyridine rings is 1. The highest BCUT2D eigenvalue weighted by Crippen LogP contribution is 2.21. The molecule has 0 spiro atoms. The van der Waals surface area contributed by atoms with Gasteiger partial charge in [-0.25, -0.2) is 9.78 Å². The predicted molar refractivity (Wildman–Crippen MR) is 78.8 cm³/mol. The van der Waals surface area contributed by atoms with Crippen LogP contribution in [0.3, 0.4) is 0 Å². The van der Waals surface area contributed by atoms with E-state index in [2.05, 4.69) is 10.3 Å². The van der Waals surface area contributed by atoms with Crippen molar-refractivity contribution >= 4 is 23.5 Å². The molecular formula is C14H20N4O3. The zero-order valence-electron chi connectivity index (χ0n) is 12.4. The van der Waals surface area contributed by atoms with Gasteiger partial charge in [-0.15, -0.1) is 0 Å². The highest BCUT2D eigenvalue weighted by Gasteiger charge is 2.34. The zero-order valence-corrected chi connectivity index (χ0v) is 12.4. The quantitative estimate of drug-likeness (QED) is 0.856. The van der Waals surface area contributed by atoms with Crippen LogP contribution in [0, 0.1) is 0 Å². The Morgan fingerprint density at radius 1 is 1.48 bits per heavy atom. The second-order valence-electron chi connectivity index (χ2n) is 5.92. The van der Waals surface area contributed by atoms with Gasteiger partial charge in [0, 0.05) is 6.54 Å². The fourth-order valence-electron chi connectivity index (χ4n) is 2.08. The van der Waals surface area contributed by atoms with Gasteiger partial charge in [-0.05, 0) is 39.3 Å². The van der Waals surface area contributed by atoms with Gasteiger partial charge in [0.25, 0.3) is 0 Å². The molecule has 114 valence electrons. The van der Waals surface area contributed by atoms with Gasteiger partial charge < -0.3 is 20.7 Å². The maximum atomic E-state index is 12.3. The molecular weight excluding hydrogens is 272 g/mol. The molecule has 2 rings (SSSR count). The number of ether oxygens (including phenoxy) is 1. The summed E-state index contributed by atoms with van der Waals surface area (Å²) in [5.74, 6) is 0.223. The van der Waals surface area contributed by atoms with Crippen molar-refractivity contribution in [3.63, 3.8) is 0 Å². The van der Waals surface area contributed by atoms with Gasteiger partial charge in [0.05, 0.1) is 11.9 Å². The smallest absolute Gasteiger partial charge is 0.408 e. The molecule has 0 unspecified atom stereocenters. The number of aromatic nitrogens is 1. The fourth-order valence-corrected chi connectivity index (χ4v) is 2.08. The minimum absolute atomic E-state index is 0.174. The first-order chi connectivity index (χ1) is 9.76. The van der Waals surface area contributed by atoms with Crippen molar-refractivity contribution in [1.29, 1.82) is 0 Å². The fraction of sp³-hybridized carbons (Fsp3) is 0.500. The maximum Gasteiger partial charge on any atom is 0.408 e. The van der Waals surface area contributed by atoms with E-state index < -0.39 is 17.7 Å². The van der Waals surface area contributed by atoms with Gasteiger partial charge >= 0.3 is 6.09 Å². The average molecular weight is 292 g/mol. The van der Waals surface area contributed by atoms with Crippen LogP contribution < -0.4 is 16.0 Å². The van der Waals surface area contributed by atoms with Crippen LogP contribution in [0.5, 0.6) is 0 Å². The Balaban J connectivity index is 1.98. The number of rotatable bonds is 2. The Morgan fingerprint density at radius 3 is 2.76 bits per heavy atom. The Morgan fingerprint density at radius 2 is 2.19 bits per heavy atom. The van der Waals surface area contributed by atoms with E-state index in [0.717, 1.165) is 0 Å². The van der Waals surface area contributed by atoms with Crippen LogP contribution >= 0.6 is 0 Å². The molecule has 7 heteroatoms. The summed E-state index contributed by atoms with van der Waals surface area (Å²) in [6.45, 7) is 5.84. The lowest BCUT2D eigenvalue weighted by molar-refractivity contribution is -0.118. The van der Waals surface area contributed by atoms with Gasteiger partial charge in [0.15, 0.2) is 0 Å². The number of nitrogens with one attached hydrogen (secondary N) is 1. The van der Waals surface area contributed by atoms with Gasteiger partial charge in [-0.1, -0.05) is 0 Å². The molecule has 1 fully saturated rings. The van der Waals surface area contributed by atoms with Crippen molar-refractivity contribution in [3.05, 3.63) is 18.3 Å². The topological polar surface area (TPSA) is 97.6 Å². The van der Waals surface area contributed by atoms with Crippen molar-refractivity contribution < 1.29 is 14.3 Å². The van der Waals surface area contributed by atoms with E-state index in [1.165, 1.54) is 0 Å². The number of hydrogen-bond acceptors (Lipinski definition) is 5. The van der Waals surface area contributed by atoms with Crippen LogP contribution in [0.15, 0.2) is 18.3 Å². The lowest BCUT2D eigenvalue weighted by Gasteiger charge is -2.21. The van der Waals surface area contributed by atoms with Crippen LogP contribution in [-0.2, 0) is 9.53 Å². The molecule has 0 saturated carbocycles. The molecule has 1 atom stereocenters. The third-order valence-corrected chi connectivity index (χ3v) is 2.98. The number of alkyl carbamates (subject to hydrolysis) is 1. The minimum Gasteiger partial charge on any atom is -0.444 e. The standard InChI is InChI=1S/C14H20N4O3/c1-14(2,3)21-13(20)17-10-6-7-18(12(10)19)9-4-5-11(15)16-8-9/h4-5,8,10H,6-7H2,1-3H3,(H2,15,16)(H,17,20)/t10-/m1/s1. The summed E-state index contributed by atoms with van der Waals surface area (Å²) in [4.78, 5) is 29.5. The third-order valence-electron chi connectivity index (χ3n) is 2.98. The molecule has 0 bridgehead atoms. The number of nitrogens with zero attached hydrogens (tertiary/aromatic N) is 2. The highest BCUT2D eigenvalue weighted by atomic mass is 16.6.